The Balaban J connectivity index is 1.39. The topological polar surface area (TPSA) is 382 Å². The highest BCUT2D eigenvalue weighted by Gasteiger charge is 2.50. The summed E-state index contributed by atoms with van der Waals surface area (Å²) in [5.74, 6) is -1.16. The summed E-state index contributed by atoms with van der Waals surface area (Å²) < 4.78 is 65.4. The Morgan fingerprint density at radius 2 is 1.80 bits per heavy atom. The Morgan fingerprint density at radius 1 is 1.08 bits per heavy atom. The number of carbonyl (C=O) groups excluding carboxylic acids is 2. The van der Waals surface area contributed by atoms with E-state index < -0.39 is 101 Å². The van der Waals surface area contributed by atoms with Crippen LogP contribution in [0.1, 0.15) is 46.1 Å². The van der Waals surface area contributed by atoms with Crippen LogP contribution < -0.4 is 28.2 Å². The fourth-order valence-corrected chi connectivity index (χ4v) is 9.27. The number of aliphatic hydroxyl groups excluding tert-OH is 1. The molecule has 60 heavy (non-hydrogen) atoms. The molecule has 11 N–H and O–H groups in total. The highest BCUT2D eigenvalue weighted by molar-refractivity contribution is 8.76. The fourth-order valence-electron chi connectivity index (χ4n) is 6.06. The molecule has 2 saturated heterocycles. The molecule has 0 aliphatic carbocycles. The molecule has 0 bridgehead atoms. The Kier molecular flexibility index (Phi) is 15.6. The van der Waals surface area contributed by atoms with Crippen LogP contribution in [0.4, 0.5) is 16.4 Å². The third-order valence-electron chi connectivity index (χ3n) is 8.61. The number of imidazole rings is 1. The number of fused-ring (bicyclic) bond motifs is 1. The van der Waals surface area contributed by atoms with Gasteiger partial charge in [0.2, 0.25) is 0 Å². The standard InChI is InChI=1S/C30H46N10O16P2S2/c1-30(2,3)55-29(44)37-15(7-14(9-31)60-59-4)27(42)54-23-18(53-26(22(23)41)40-13-36-21-24(33)34-12-35-25(21)40)11-51-58(48,49)56-16-8-20(39-6-5-19(32)38-28(39)43)52-17(16)10-50-57(45,46)47/h5-6,12-18,20,22-23,26,41H,7-11,31H2,1-4H3,(H,37,44)(H,48,49)(H2,32,38,43)(H2,33,34,35)(H2,45,46,47)/t14?,15-,16-,17+,18+,20+,22+,23+,26+/m0/s1. The number of phosphoric acid groups is 2. The number of hydrogen-bond acceptors (Lipinski definition) is 22. The molecule has 2 unspecified atom stereocenters. The van der Waals surface area contributed by atoms with E-state index in [0.29, 0.717) is 0 Å². The predicted molar refractivity (Wildman–Crippen MR) is 211 cm³/mol. The molecule has 334 valence electrons. The van der Waals surface area contributed by atoms with E-state index in [-0.39, 0.29) is 47.4 Å². The predicted octanol–water partition coefficient (Wildman–Crippen LogP) is -0.0614. The van der Waals surface area contributed by atoms with E-state index in [1.807, 2.05) is 0 Å². The number of nitrogens with one attached hydrogen (secondary N) is 1. The van der Waals surface area contributed by atoms with Crippen LogP contribution in [-0.2, 0) is 46.4 Å². The first-order chi connectivity index (χ1) is 28.1. The number of amides is 1. The SMILES string of the molecule is CSSC(CN)C[C@H](NC(=O)OC(C)(C)C)C(=O)O[C@H]1[C@@H](O)[C@H](n2cnc3c(N)ncnc32)O[C@@H]1COP(=O)(O)O[C@H]1C[C@H](n2ccc(N)nc2=O)O[C@@H]1COP(=O)(O)O. The summed E-state index contributed by atoms with van der Waals surface area (Å²) in [5.41, 5.74) is 15.9. The number of aliphatic hydroxyl groups is 1. The van der Waals surface area contributed by atoms with E-state index in [4.69, 9.17) is 45.2 Å². The largest absolute Gasteiger partial charge is 0.472 e. The van der Waals surface area contributed by atoms with E-state index in [1.54, 1.807) is 27.0 Å². The third-order valence-corrected chi connectivity index (χ3v) is 12.4. The molecule has 2 fully saturated rings. The van der Waals surface area contributed by atoms with Gasteiger partial charge in [0.25, 0.3) is 0 Å². The van der Waals surface area contributed by atoms with Crippen LogP contribution >= 0.6 is 37.2 Å². The Labute approximate surface area is 348 Å². The van der Waals surface area contributed by atoms with Crippen molar-refractivity contribution in [2.24, 2.45) is 5.73 Å². The van der Waals surface area contributed by atoms with Crippen molar-refractivity contribution in [3.63, 3.8) is 0 Å². The maximum absolute atomic E-state index is 13.9. The van der Waals surface area contributed by atoms with Crippen LogP contribution in [0, 0.1) is 0 Å². The second-order valence-corrected chi connectivity index (χ2v) is 19.6. The maximum Gasteiger partial charge on any atom is 0.472 e. The van der Waals surface area contributed by atoms with Gasteiger partial charge in [-0.2, -0.15) is 4.98 Å². The molecule has 0 radical (unpaired) electrons. The monoisotopic (exact) mass is 928 g/mol. The molecule has 2 aliphatic heterocycles. The summed E-state index contributed by atoms with van der Waals surface area (Å²) in [4.78, 5) is 84.7. The zero-order chi connectivity index (χ0) is 44.2. The number of ether oxygens (including phenoxy) is 4. The van der Waals surface area contributed by atoms with E-state index in [1.165, 1.54) is 44.7 Å². The second kappa shape index (κ2) is 19.7. The van der Waals surface area contributed by atoms with Gasteiger partial charge in [0.05, 0.1) is 19.5 Å². The molecule has 2 aliphatic rings. The minimum absolute atomic E-state index is 0.00116. The van der Waals surface area contributed by atoms with Gasteiger partial charge in [-0.1, -0.05) is 21.6 Å². The molecule has 0 aromatic carbocycles. The summed E-state index contributed by atoms with van der Waals surface area (Å²) in [5, 5.41) is 13.8. The molecule has 5 rings (SSSR count). The van der Waals surface area contributed by atoms with Crippen molar-refractivity contribution >= 4 is 72.1 Å². The Morgan fingerprint density at radius 3 is 2.45 bits per heavy atom. The maximum atomic E-state index is 13.9. The molecule has 10 atom stereocenters. The average Bonchev–Trinajstić information content (AvgIpc) is 3.83. The van der Waals surface area contributed by atoms with Crippen molar-refractivity contribution in [1.29, 1.82) is 0 Å². The normalized spacial score (nSPS) is 25.4. The number of nitrogens with zero attached hydrogens (tertiary/aromatic N) is 6. The van der Waals surface area contributed by atoms with Crippen molar-refractivity contribution < 1.29 is 71.0 Å². The molecular weight excluding hydrogens is 882 g/mol. The van der Waals surface area contributed by atoms with Crippen LogP contribution in [0.5, 0.6) is 0 Å². The fraction of sp³-hybridized carbons (Fsp3) is 0.633. The minimum Gasteiger partial charge on any atom is -0.455 e. The van der Waals surface area contributed by atoms with Crippen molar-refractivity contribution in [3.05, 3.63) is 35.4 Å². The number of anilines is 2. The third kappa shape index (κ3) is 12.6. The number of hydrogen-bond donors (Lipinski definition) is 8. The zero-order valence-electron chi connectivity index (χ0n) is 32.4. The first-order valence-electron chi connectivity index (χ1n) is 17.8. The van der Waals surface area contributed by atoms with Gasteiger partial charge in [-0.25, -0.2) is 38.5 Å². The quantitative estimate of drug-likeness (QED) is 0.0470. The van der Waals surface area contributed by atoms with Gasteiger partial charge < -0.3 is 61.3 Å². The number of rotatable bonds is 18. The van der Waals surface area contributed by atoms with Crippen molar-refractivity contribution in [3.8, 4) is 0 Å². The van der Waals surface area contributed by atoms with Gasteiger partial charge in [-0.3, -0.25) is 22.7 Å². The highest BCUT2D eigenvalue weighted by Crippen LogP contribution is 2.50. The molecule has 3 aromatic rings. The molecule has 1 amide bonds. The van der Waals surface area contributed by atoms with E-state index in [2.05, 4.69) is 29.8 Å². The van der Waals surface area contributed by atoms with Crippen molar-refractivity contribution in [2.45, 2.75) is 93.5 Å². The molecule has 3 aromatic heterocycles. The second-order valence-electron chi connectivity index (χ2n) is 14.2. The number of nitrogens with two attached hydrogens (primary N) is 3. The van der Waals surface area contributed by atoms with Crippen LogP contribution in [0.3, 0.4) is 0 Å². The Bertz CT molecular complexity index is 2140. The molecule has 5 heterocycles. The van der Waals surface area contributed by atoms with Gasteiger partial charge in [0.15, 0.2) is 23.8 Å². The number of phosphoric ester groups is 2. The lowest BCUT2D eigenvalue weighted by atomic mass is 10.1. The first kappa shape index (κ1) is 47.6. The van der Waals surface area contributed by atoms with E-state index in [9.17, 15) is 43.3 Å². The summed E-state index contributed by atoms with van der Waals surface area (Å²) in [7, 11) is -7.58. The minimum atomic E-state index is -5.23. The van der Waals surface area contributed by atoms with E-state index >= 15 is 0 Å². The first-order valence-corrected chi connectivity index (χ1v) is 23.4. The van der Waals surface area contributed by atoms with Crippen LogP contribution in [0.2, 0.25) is 0 Å². The molecule has 0 saturated carbocycles. The van der Waals surface area contributed by atoms with Gasteiger partial charge in [-0.05, 0) is 39.5 Å². The van der Waals surface area contributed by atoms with Crippen molar-refractivity contribution in [1.82, 2.24) is 34.4 Å². The van der Waals surface area contributed by atoms with Crippen LogP contribution in [0.25, 0.3) is 11.2 Å². The number of carbonyl (C=O) groups is 2. The number of nitrogen functional groups attached to an aromatic ring is 2. The Hall–Kier alpha value is -3.47. The lowest BCUT2D eigenvalue weighted by Crippen LogP contribution is -2.49. The summed E-state index contributed by atoms with van der Waals surface area (Å²) in [6, 6.07) is -0.0994. The van der Waals surface area contributed by atoms with Gasteiger partial charge in [-0.15, -0.1) is 0 Å². The van der Waals surface area contributed by atoms with Gasteiger partial charge >= 0.3 is 33.4 Å². The highest BCUT2D eigenvalue weighted by atomic mass is 33.1. The lowest BCUT2D eigenvalue weighted by Gasteiger charge is -2.27. The summed E-state index contributed by atoms with van der Waals surface area (Å²) in [6.07, 6.45) is -6.48. The van der Waals surface area contributed by atoms with Crippen molar-refractivity contribution in [2.75, 3.05) is 37.5 Å². The smallest absolute Gasteiger partial charge is 0.455 e. The number of aromatic nitrogens is 6. The van der Waals surface area contributed by atoms with E-state index in [0.717, 1.165) is 10.9 Å². The van der Waals surface area contributed by atoms with Crippen LogP contribution in [0.15, 0.2) is 29.7 Å². The number of alkyl carbamates (subject to hydrolysis) is 1. The van der Waals surface area contributed by atoms with Gasteiger partial charge in [0.1, 0.15) is 59.9 Å². The summed E-state index contributed by atoms with van der Waals surface area (Å²) >= 11 is 0. The van der Waals surface area contributed by atoms with Gasteiger partial charge in [0, 0.05) is 24.4 Å². The average molecular weight is 929 g/mol. The van der Waals surface area contributed by atoms with Crippen LogP contribution in [-0.4, -0.2) is 134 Å². The molecular formula is C30H46N10O16P2S2. The summed E-state index contributed by atoms with van der Waals surface area (Å²) in [6.45, 7) is 3.22. The molecule has 30 heteroatoms. The zero-order valence-corrected chi connectivity index (χ0v) is 35.8. The number of esters is 1. The lowest BCUT2D eigenvalue weighted by molar-refractivity contribution is -0.159. The molecule has 0 spiro atoms. The molecule has 26 nitrogen and oxygen atoms in total.